The molecular formula is C126H68F12N10. The van der Waals surface area contributed by atoms with E-state index in [1.54, 1.807) is 66.8 Å². The van der Waals surface area contributed by atoms with Crippen LogP contribution in [0.5, 0.6) is 0 Å². The highest BCUT2D eigenvalue weighted by atomic mass is 19.4. The number of para-hydroxylation sites is 10. The summed E-state index contributed by atoms with van der Waals surface area (Å²) in [4.78, 5) is 0. The lowest BCUT2D eigenvalue weighted by Gasteiger charge is -2.26. The number of hydrogen-bond donors (Lipinski definition) is 0. The third kappa shape index (κ3) is 12.5. The minimum Gasteiger partial charge on any atom is -0.309 e. The van der Waals surface area contributed by atoms with Crippen molar-refractivity contribution >= 4 is 174 Å². The van der Waals surface area contributed by atoms with E-state index in [4.69, 9.17) is 0 Å². The molecule has 0 spiro atoms. The van der Waals surface area contributed by atoms with Crippen LogP contribution in [-0.2, 0) is 24.7 Å². The molecule has 22 heteroatoms. The molecule has 0 aliphatic heterocycles. The van der Waals surface area contributed by atoms with Gasteiger partial charge >= 0.3 is 24.7 Å². The third-order valence-electron chi connectivity index (χ3n) is 29.7. The van der Waals surface area contributed by atoms with Gasteiger partial charge in [-0.2, -0.15) is 63.2 Å². The lowest BCUT2D eigenvalue weighted by Crippen LogP contribution is -2.16. The van der Waals surface area contributed by atoms with E-state index in [2.05, 4.69) is 21.3 Å². The second-order valence-corrected chi connectivity index (χ2v) is 37.5. The Morgan fingerprint density at radius 1 is 0.169 bits per heavy atom. The van der Waals surface area contributed by atoms with Gasteiger partial charge in [-0.05, 0) is 175 Å². The zero-order chi connectivity index (χ0) is 100. The summed E-state index contributed by atoms with van der Waals surface area (Å²) in [6.07, 6.45) is -21.8. The van der Waals surface area contributed by atoms with Crippen LogP contribution in [0.2, 0.25) is 0 Å². The summed E-state index contributed by atoms with van der Waals surface area (Å²) in [7, 11) is 0. The van der Waals surface area contributed by atoms with Crippen LogP contribution >= 0.6 is 0 Å². The highest BCUT2D eigenvalue weighted by molar-refractivity contribution is 6.31. The average molecular weight is 1950 g/mol. The maximum absolute atomic E-state index is 17.1. The molecule has 148 heavy (non-hydrogen) atoms. The number of alkyl halides is 12. The van der Waals surface area contributed by atoms with E-state index in [1.165, 1.54) is 24.3 Å². The van der Waals surface area contributed by atoms with Gasteiger partial charge in [0.2, 0.25) is 0 Å². The van der Waals surface area contributed by atoms with Crippen LogP contribution in [0.15, 0.2) is 413 Å². The molecule has 0 aliphatic carbocycles. The SMILES string of the molecule is N#Cc1cc(-n2c3ccccc3c3ccc4c(c5ccccc5n4-c4ccccc4)c32)c(-c2c(C(F)(F)F)cccc2C(F)(F)F)c(-n2c3ccccc3c3ccc4c(c5ccc(-c6ccc7c(c6)c6ccc8c9ccccc9n(-c9ccccc9)c8c6n7-c6cc(C#N)cc(-n7c8ccccc8c8ccc9c%10ccccc%10n(-c%10ccccc%10)c9c87)c6-c6c(C(F)(F)F)cccc6C(F)(F)F)cc5n4-c4ccccc4)c32)c1. The number of rotatable bonds is 11. The average Bonchev–Trinajstić information content (AvgIpc) is 1.52. The van der Waals surface area contributed by atoms with Gasteiger partial charge in [-0.15, -0.1) is 0 Å². The molecule has 0 saturated carbocycles. The Bertz CT molecular complexity index is 10700. The third-order valence-corrected chi connectivity index (χ3v) is 29.7. The Balaban J connectivity index is 0.751. The van der Waals surface area contributed by atoms with Crippen molar-refractivity contribution in [2.45, 2.75) is 24.7 Å². The van der Waals surface area contributed by atoms with Crippen LogP contribution in [0.4, 0.5) is 52.7 Å². The molecule has 0 bridgehead atoms. The second-order valence-electron chi connectivity index (χ2n) is 37.5. The van der Waals surface area contributed by atoms with E-state index in [-0.39, 0.29) is 33.9 Å². The molecule has 0 radical (unpaired) electrons. The van der Waals surface area contributed by atoms with E-state index in [9.17, 15) is 10.5 Å². The van der Waals surface area contributed by atoms with Crippen LogP contribution in [0.3, 0.4) is 0 Å². The van der Waals surface area contributed by atoms with Gasteiger partial charge in [0.25, 0.3) is 0 Å². The number of fused-ring (bicyclic) bond motifs is 28. The Morgan fingerprint density at radius 2 is 0.405 bits per heavy atom. The Morgan fingerprint density at radius 3 is 0.750 bits per heavy atom. The van der Waals surface area contributed by atoms with Gasteiger partial charge in [0.15, 0.2) is 0 Å². The fourth-order valence-corrected chi connectivity index (χ4v) is 24.0. The summed E-state index contributed by atoms with van der Waals surface area (Å²) in [5, 5.41) is 33.7. The first-order chi connectivity index (χ1) is 72.0. The van der Waals surface area contributed by atoms with Crippen molar-refractivity contribution in [2.75, 3.05) is 0 Å². The summed E-state index contributed by atoms with van der Waals surface area (Å²) >= 11 is 0. The Hall–Kier alpha value is -19.1. The van der Waals surface area contributed by atoms with Crippen molar-refractivity contribution in [3.8, 4) is 91.0 Å². The van der Waals surface area contributed by atoms with Gasteiger partial charge in [0, 0.05) is 131 Å². The number of halogens is 12. The van der Waals surface area contributed by atoms with E-state index >= 15 is 52.7 Å². The molecule has 706 valence electrons. The van der Waals surface area contributed by atoms with E-state index in [0.717, 1.165) is 45.0 Å². The Kier molecular flexibility index (Phi) is 18.6. The summed E-state index contributed by atoms with van der Waals surface area (Å²) in [6, 6.07) is 124. The van der Waals surface area contributed by atoms with Gasteiger partial charge in [-0.3, -0.25) is 0 Å². The fourth-order valence-electron chi connectivity index (χ4n) is 24.0. The number of benzene rings is 20. The molecule has 8 heterocycles. The first-order valence-electron chi connectivity index (χ1n) is 47.9. The van der Waals surface area contributed by atoms with E-state index in [1.807, 2.05) is 312 Å². The summed E-state index contributed by atoms with van der Waals surface area (Å²) in [5.74, 6) is 0. The maximum Gasteiger partial charge on any atom is 0.417 e. The summed E-state index contributed by atoms with van der Waals surface area (Å²) < 4.78 is 220. The normalized spacial score (nSPS) is 12.6. The molecule has 8 aromatic heterocycles. The minimum absolute atomic E-state index is 0.109. The van der Waals surface area contributed by atoms with Crippen LogP contribution in [0.1, 0.15) is 33.4 Å². The van der Waals surface area contributed by atoms with Crippen LogP contribution in [-0.4, -0.2) is 36.5 Å². The first-order valence-corrected chi connectivity index (χ1v) is 47.9. The molecule has 0 unspecified atom stereocenters. The van der Waals surface area contributed by atoms with Crippen molar-refractivity contribution in [1.29, 1.82) is 10.5 Å². The van der Waals surface area contributed by atoms with Crippen LogP contribution in [0.25, 0.3) is 253 Å². The predicted molar refractivity (Wildman–Crippen MR) is 567 cm³/mol. The summed E-state index contributed by atoms with van der Waals surface area (Å²) in [5.41, 5.74) is 1.17. The minimum atomic E-state index is -5.47. The molecule has 0 aliphatic rings. The van der Waals surface area contributed by atoms with Crippen molar-refractivity contribution in [1.82, 2.24) is 36.5 Å². The van der Waals surface area contributed by atoms with Gasteiger partial charge in [-0.1, -0.05) is 249 Å². The van der Waals surface area contributed by atoms with Gasteiger partial charge in [0.05, 0.1) is 157 Å². The quantitative estimate of drug-likeness (QED) is 0.121. The number of nitrogens with zero attached hydrogens (tertiary/aromatic N) is 10. The fraction of sp³-hybridized carbons (Fsp3) is 0.0317. The van der Waals surface area contributed by atoms with Crippen LogP contribution < -0.4 is 0 Å². The van der Waals surface area contributed by atoms with Gasteiger partial charge in [-0.25, -0.2) is 0 Å². The molecule has 0 fully saturated rings. The molecule has 28 rings (SSSR count). The topological polar surface area (TPSA) is 87.0 Å². The molecule has 20 aromatic carbocycles. The molecule has 0 N–H and O–H groups in total. The highest BCUT2D eigenvalue weighted by Crippen LogP contribution is 2.58. The highest BCUT2D eigenvalue weighted by Gasteiger charge is 2.47. The molecule has 0 amide bonds. The van der Waals surface area contributed by atoms with Crippen molar-refractivity contribution in [3.63, 3.8) is 0 Å². The van der Waals surface area contributed by atoms with Crippen molar-refractivity contribution in [2.24, 2.45) is 0 Å². The smallest absolute Gasteiger partial charge is 0.309 e. The monoisotopic (exact) mass is 1950 g/mol. The Labute approximate surface area is 830 Å². The molecule has 28 aromatic rings. The van der Waals surface area contributed by atoms with Gasteiger partial charge < -0.3 is 36.5 Å². The summed E-state index contributed by atoms with van der Waals surface area (Å²) in [6.45, 7) is 0. The zero-order valence-corrected chi connectivity index (χ0v) is 77.3. The number of nitriles is 2. The van der Waals surface area contributed by atoms with Crippen molar-refractivity contribution in [3.05, 3.63) is 446 Å². The maximum atomic E-state index is 17.1. The van der Waals surface area contributed by atoms with Crippen molar-refractivity contribution < 1.29 is 52.7 Å². The lowest BCUT2D eigenvalue weighted by molar-refractivity contribution is -0.143. The standard InChI is InChI=1S/C126H68F12N10/c127-123(128,129)93-41-25-42-94(124(130,131)132)113(93)115-107(145-99-47-21-15-35-79(99)84-58-61-104-111(117(84)145)90-40-18-24-50-102(90)141(104)75-27-5-1-6-28-75)63-71(69-139)64-108(115)146-100-48-22-16-36-80(100)85-59-62-105-112(118(85)146)91-53-51-74(68-106(91)142(105)76-29-7-2-8-30-76)73-52-60-103-92(67-73)89-57-56-87-82-38-14-20-46-98(82)144(78-33-11-4-12-34-78)120(87)122(89)148(103)110-66-72(70-140)65-109(116(110)114-95(125(133,134)135)43-26-44-96(114)126(136,137)138)147-101-49-23-17-39-83(101)88-55-54-86-81-37-13-19-45-97(81)143(119(86)121(88)147)77-31-9-3-10-32-77/h1-68H. The zero-order valence-electron chi connectivity index (χ0n) is 77.3. The number of hydrogen-bond acceptors (Lipinski definition) is 2. The lowest BCUT2D eigenvalue weighted by atomic mass is 9.89. The first kappa shape index (κ1) is 86.8. The largest absolute Gasteiger partial charge is 0.417 e. The van der Waals surface area contributed by atoms with Crippen LogP contribution in [0, 0.1) is 22.7 Å². The van der Waals surface area contributed by atoms with E-state index in [0.29, 0.717) is 200 Å². The van der Waals surface area contributed by atoms with Gasteiger partial charge in [0.1, 0.15) is 0 Å². The predicted octanol–water partition coefficient (Wildman–Crippen LogP) is 35.3. The molecule has 0 atom stereocenters. The second kappa shape index (κ2) is 31.7. The molecule has 0 saturated heterocycles. The van der Waals surface area contributed by atoms with E-state index < -0.39 is 69.2 Å². The molecular weight excluding hydrogens is 1880 g/mol. The number of aromatic nitrogens is 8. The molecule has 10 nitrogen and oxygen atoms in total.